The molecule has 3 rings (SSSR count). The van der Waals surface area contributed by atoms with Gasteiger partial charge in [0.1, 0.15) is 23.9 Å². The maximum atomic E-state index is 12.4. The molecule has 1 aliphatic carbocycles. The third-order valence-corrected chi connectivity index (χ3v) is 6.21. The molecule has 3 N–H and O–H groups in total. The molecule has 0 amide bonds. The summed E-state index contributed by atoms with van der Waals surface area (Å²) in [5, 5.41) is 8.51. The van der Waals surface area contributed by atoms with Crippen molar-refractivity contribution in [2.75, 3.05) is 13.7 Å². The summed E-state index contributed by atoms with van der Waals surface area (Å²) in [5.41, 5.74) is 6.63. The Morgan fingerprint density at radius 3 is 2.33 bits per heavy atom. The van der Waals surface area contributed by atoms with Crippen molar-refractivity contribution < 1.29 is 33.6 Å². The number of aliphatic carboxylic acids is 1. The highest BCUT2D eigenvalue weighted by Crippen LogP contribution is 2.57. The largest absolute Gasteiger partial charge is 0.478 e. The monoisotopic (exact) mass is 459 g/mol. The second-order valence-corrected chi connectivity index (χ2v) is 8.85. The summed E-state index contributed by atoms with van der Waals surface area (Å²) < 4.78 is 23.3. The lowest BCUT2D eigenvalue weighted by Gasteiger charge is -2.42. The van der Waals surface area contributed by atoms with Crippen molar-refractivity contribution in [1.29, 1.82) is 0 Å². The Morgan fingerprint density at radius 2 is 1.76 bits per heavy atom. The average Bonchev–Trinajstić information content (AvgIpc) is 3.67. The summed E-state index contributed by atoms with van der Waals surface area (Å²) >= 11 is 0. The average molecular weight is 460 g/mol. The van der Waals surface area contributed by atoms with Gasteiger partial charge in [-0.1, -0.05) is 48.1 Å². The molecular weight excluding hydrogens is 426 g/mol. The normalized spacial score (nSPS) is 35.6. The van der Waals surface area contributed by atoms with Gasteiger partial charge in [-0.3, -0.25) is 0 Å². The first-order valence-corrected chi connectivity index (χ1v) is 11.1. The SMILES string of the molecule is COC1C(OC(=O)C=CC=CC=CC=CC(=O)O)CCC2(CO2)C1C1(N)OC1CC=C(C)C. The van der Waals surface area contributed by atoms with Gasteiger partial charge in [0.05, 0.1) is 12.5 Å². The highest BCUT2D eigenvalue weighted by Gasteiger charge is 2.73. The number of nitrogens with two attached hydrogens (primary N) is 1. The molecule has 2 heterocycles. The van der Waals surface area contributed by atoms with Gasteiger partial charge in [0.15, 0.2) is 5.72 Å². The standard InChI is InChI=1S/C25H33NO7/c1-17(2)12-13-19-25(26,33-19)23-22(30-3)18(14-15-24(23)16-31-24)32-21(29)11-9-7-5-4-6-8-10-20(27)28/h4-12,18-19,22-23H,13-16,26H2,1-3H3,(H,27,28). The van der Waals surface area contributed by atoms with Crippen LogP contribution >= 0.6 is 0 Å². The molecule has 0 aromatic carbocycles. The van der Waals surface area contributed by atoms with E-state index in [2.05, 4.69) is 6.08 Å². The number of hydrogen-bond donors (Lipinski definition) is 2. The van der Waals surface area contributed by atoms with Crippen molar-refractivity contribution >= 4 is 11.9 Å². The molecule has 0 radical (unpaired) electrons. The van der Waals surface area contributed by atoms with E-state index in [1.165, 1.54) is 17.7 Å². The number of carbonyl (C=O) groups is 2. The molecule has 180 valence electrons. The van der Waals surface area contributed by atoms with Crippen LogP contribution in [0, 0.1) is 5.92 Å². The van der Waals surface area contributed by atoms with E-state index < -0.39 is 29.9 Å². The number of carboxylic acids is 1. The number of allylic oxidation sites excluding steroid dienone is 7. The molecular formula is C25H33NO7. The van der Waals surface area contributed by atoms with E-state index in [-0.39, 0.29) is 17.6 Å². The molecule has 33 heavy (non-hydrogen) atoms. The van der Waals surface area contributed by atoms with Gasteiger partial charge < -0.3 is 29.8 Å². The summed E-state index contributed by atoms with van der Waals surface area (Å²) in [5.74, 6) is -1.72. The first-order chi connectivity index (χ1) is 15.7. The number of ether oxygens (including phenoxy) is 4. The molecule has 6 atom stereocenters. The zero-order valence-corrected chi connectivity index (χ0v) is 19.3. The van der Waals surface area contributed by atoms with Gasteiger partial charge in [-0.25, -0.2) is 9.59 Å². The molecule has 2 aliphatic heterocycles. The topological polar surface area (TPSA) is 124 Å². The predicted molar refractivity (Wildman–Crippen MR) is 122 cm³/mol. The third kappa shape index (κ3) is 6.29. The van der Waals surface area contributed by atoms with Crippen LogP contribution < -0.4 is 5.73 Å². The molecule has 8 heteroatoms. The summed E-state index contributed by atoms with van der Waals surface area (Å²) in [4.78, 5) is 22.8. The van der Waals surface area contributed by atoms with Crippen LogP contribution in [0.1, 0.15) is 33.1 Å². The quantitative estimate of drug-likeness (QED) is 0.168. The molecule has 2 saturated heterocycles. The van der Waals surface area contributed by atoms with Crippen LogP contribution in [0.2, 0.25) is 0 Å². The summed E-state index contributed by atoms with van der Waals surface area (Å²) in [6, 6.07) is 0. The number of carboxylic acid groups (broad SMARTS) is 1. The van der Waals surface area contributed by atoms with Gasteiger partial charge >= 0.3 is 11.9 Å². The number of rotatable bonds is 10. The van der Waals surface area contributed by atoms with Crippen molar-refractivity contribution in [3.8, 4) is 0 Å². The summed E-state index contributed by atoms with van der Waals surface area (Å²) in [7, 11) is 1.60. The van der Waals surface area contributed by atoms with Crippen molar-refractivity contribution in [3.63, 3.8) is 0 Å². The summed E-state index contributed by atoms with van der Waals surface area (Å²) in [6.07, 6.45) is 15.1. The van der Waals surface area contributed by atoms with Gasteiger partial charge in [0, 0.05) is 19.3 Å². The highest BCUT2D eigenvalue weighted by molar-refractivity contribution is 5.82. The highest BCUT2D eigenvalue weighted by atomic mass is 16.6. The van der Waals surface area contributed by atoms with E-state index in [0.717, 1.165) is 18.9 Å². The first-order valence-electron chi connectivity index (χ1n) is 11.1. The van der Waals surface area contributed by atoms with Gasteiger partial charge in [0.25, 0.3) is 0 Å². The maximum absolute atomic E-state index is 12.4. The van der Waals surface area contributed by atoms with E-state index in [0.29, 0.717) is 13.0 Å². The van der Waals surface area contributed by atoms with Gasteiger partial charge in [-0.05, 0) is 33.1 Å². The smallest absolute Gasteiger partial charge is 0.331 e. The van der Waals surface area contributed by atoms with Crippen molar-refractivity contribution in [2.45, 2.75) is 62.7 Å². The Kier molecular flexibility index (Phi) is 8.07. The lowest BCUT2D eigenvalue weighted by atomic mass is 9.70. The van der Waals surface area contributed by atoms with Crippen LogP contribution in [-0.4, -0.2) is 60.4 Å². The van der Waals surface area contributed by atoms with Crippen LogP contribution in [0.4, 0.5) is 0 Å². The molecule has 0 aromatic rings. The molecule has 3 aliphatic rings. The minimum atomic E-state index is -1.01. The van der Waals surface area contributed by atoms with Crippen molar-refractivity contribution in [2.24, 2.45) is 11.7 Å². The maximum Gasteiger partial charge on any atom is 0.331 e. The van der Waals surface area contributed by atoms with E-state index in [1.807, 2.05) is 13.8 Å². The number of hydrogen-bond acceptors (Lipinski definition) is 7. The zero-order chi connectivity index (χ0) is 24.1. The van der Waals surface area contributed by atoms with Crippen molar-refractivity contribution in [3.05, 3.63) is 60.3 Å². The molecule has 0 aromatic heterocycles. The molecule has 1 spiro atoms. The molecule has 6 unspecified atom stereocenters. The van der Waals surface area contributed by atoms with Gasteiger partial charge in [-0.15, -0.1) is 0 Å². The van der Waals surface area contributed by atoms with Gasteiger partial charge in [0.2, 0.25) is 0 Å². The minimum Gasteiger partial charge on any atom is -0.478 e. The predicted octanol–water partition coefficient (Wildman–Crippen LogP) is 2.81. The molecule has 0 bridgehead atoms. The fourth-order valence-electron chi connectivity index (χ4n) is 4.50. The fraction of sp³-hybridized carbons (Fsp3) is 0.520. The van der Waals surface area contributed by atoms with Crippen LogP contribution in [-0.2, 0) is 28.5 Å². The fourth-order valence-corrected chi connectivity index (χ4v) is 4.50. The van der Waals surface area contributed by atoms with Crippen LogP contribution in [0.5, 0.6) is 0 Å². The minimum absolute atomic E-state index is 0.117. The number of carbonyl (C=O) groups excluding carboxylic acids is 1. The Hall–Kier alpha value is -2.52. The van der Waals surface area contributed by atoms with Gasteiger partial charge in [-0.2, -0.15) is 0 Å². The van der Waals surface area contributed by atoms with E-state index >= 15 is 0 Å². The lowest BCUT2D eigenvalue weighted by Crippen LogP contribution is -2.59. The molecule has 1 saturated carbocycles. The second kappa shape index (κ2) is 10.6. The van der Waals surface area contributed by atoms with Crippen LogP contribution in [0.25, 0.3) is 0 Å². The number of epoxide rings is 2. The summed E-state index contributed by atoms with van der Waals surface area (Å²) in [6.45, 7) is 4.68. The Labute approximate surface area is 194 Å². The van der Waals surface area contributed by atoms with Crippen LogP contribution in [0.3, 0.4) is 0 Å². The lowest BCUT2D eigenvalue weighted by molar-refractivity contribution is -0.167. The first kappa shape index (κ1) is 25.1. The second-order valence-electron chi connectivity index (χ2n) is 8.85. The van der Waals surface area contributed by atoms with E-state index in [1.54, 1.807) is 37.5 Å². The zero-order valence-electron chi connectivity index (χ0n) is 19.3. The molecule has 8 nitrogen and oxygen atoms in total. The Bertz CT molecular complexity index is 879. The van der Waals surface area contributed by atoms with Crippen molar-refractivity contribution in [1.82, 2.24) is 0 Å². The van der Waals surface area contributed by atoms with E-state index in [4.69, 9.17) is 29.8 Å². The Morgan fingerprint density at radius 1 is 1.12 bits per heavy atom. The van der Waals surface area contributed by atoms with E-state index in [9.17, 15) is 9.59 Å². The Balaban J connectivity index is 1.59. The third-order valence-electron chi connectivity index (χ3n) is 6.21. The number of methoxy groups -OCH3 is 1. The number of esters is 1. The molecule has 3 fully saturated rings. The van der Waals surface area contributed by atoms with Crippen LogP contribution in [0.15, 0.2) is 60.3 Å².